The summed E-state index contributed by atoms with van der Waals surface area (Å²) in [5, 5.41) is 0.293. The number of rotatable bonds is 3. The molecule has 0 spiro atoms. The lowest BCUT2D eigenvalue weighted by Crippen LogP contribution is -2.07. The molecule has 0 unspecified atom stereocenters. The van der Waals surface area contributed by atoms with Crippen LogP contribution in [0.15, 0.2) is 54.7 Å². The maximum atomic E-state index is 13.1. The highest BCUT2D eigenvalue weighted by atomic mass is 35.5. The van der Waals surface area contributed by atoms with Crippen LogP contribution < -0.4 is 0 Å². The van der Waals surface area contributed by atoms with E-state index in [4.69, 9.17) is 16.6 Å². The van der Waals surface area contributed by atoms with Gasteiger partial charge in [0.1, 0.15) is 11.0 Å². The fraction of sp³-hybridized carbons (Fsp3) is 0.182. The average molecular weight is 416 g/mol. The molecule has 0 fully saturated rings. The van der Waals surface area contributed by atoms with Gasteiger partial charge in [0.15, 0.2) is 0 Å². The van der Waals surface area contributed by atoms with E-state index in [9.17, 15) is 13.2 Å². The van der Waals surface area contributed by atoms with Gasteiger partial charge in [-0.1, -0.05) is 23.7 Å². The molecule has 29 heavy (non-hydrogen) atoms. The number of pyridine rings is 1. The zero-order valence-electron chi connectivity index (χ0n) is 15.8. The van der Waals surface area contributed by atoms with Crippen LogP contribution in [0.1, 0.15) is 22.3 Å². The third kappa shape index (κ3) is 3.72. The van der Waals surface area contributed by atoms with E-state index >= 15 is 0 Å². The summed E-state index contributed by atoms with van der Waals surface area (Å²) in [7, 11) is 0. The monoisotopic (exact) mass is 415 g/mol. The highest BCUT2D eigenvalue weighted by Gasteiger charge is 2.30. The Morgan fingerprint density at radius 2 is 1.76 bits per heavy atom. The molecule has 0 aliphatic heterocycles. The number of fused-ring (bicyclic) bond motifs is 1. The first-order chi connectivity index (χ1) is 13.7. The number of hydrogen-bond donors (Lipinski definition) is 0. The highest BCUT2D eigenvalue weighted by molar-refractivity contribution is 6.32. The molecule has 0 atom stereocenters. The second-order valence-electron chi connectivity index (χ2n) is 6.99. The van der Waals surface area contributed by atoms with Gasteiger partial charge in [0.2, 0.25) is 0 Å². The molecule has 0 saturated carbocycles. The third-order valence-electron chi connectivity index (χ3n) is 4.96. The summed E-state index contributed by atoms with van der Waals surface area (Å²) in [6.45, 7) is 4.22. The Morgan fingerprint density at radius 3 is 2.48 bits per heavy atom. The Balaban J connectivity index is 1.92. The van der Waals surface area contributed by atoms with Crippen molar-refractivity contribution in [3.8, 4) is 11.4 Å². The maximum Gasteiger partial charge on any atom is 0.416 e. The van der Waals surface area contributed by atoms with Gasteiger partial charge < -0.3 is 4.57 Å². The van der Waals surface area contributed by atoms with Gasteiger partial charge in [-0.05, 0) is 66.9 Å². The second kappa shape index (κ2) is 7.19. The van der Waals surface area contributed by atoms with Crippen molar-refractivity contribution in [1.82, 2.24) is 14.5 Å². The molecule has 2 aromatic heterocycles. The zero-order valence-corrected chi connectivity index (χ0v) is 16.5. The first kappa shape index (κ1) is 19.5. The Labute approximate surface area is 170 Å². The standard InChI is InChI=1S/C22H17ClF3N3/c1-13-9-18-19(10-14(13)2)29(21(28-18)17-7-4-8-27-20(17)23)12-15-5-3-6-16(11-15)22(24,25)26/h3-11H,12H2,1-2H3. The van der Waals surface area contributed by atoms with Gasteiger partial charge in [0.05, 0.1) is 22.2 Å². The molecule has 0 bridgehead atoms. The number of imidazole rings is 1. The molecule has 0 saturated heterocycles. The van der Waals surface area contributed by atoms with Gasteiger partial charge in [-0.2, -0.15) is 13.2 Å². The number of benzene rings is 2. The van der Waals surface area contributed by atoms with Crippen LogP contribution >= 0.6 is 11.6 Å². The number of alkyl halides is 3. The quantitative estimate of drug-likeness (QED) is 0.361. The van der Waals surface area contributed by atoms with Gasteiger partial charge in [-0.15, -0.1) is 0 Å². The first-order valence-corrected chi connectivity index (χ1v) is 9.36. The number of aromatic nitrogens is 3. The summed E-state index contributed by atoms with van der Waals surface area (Å²) < 4.78 is 41.3. The van der Waals surface area contributed by atoms with Gasteiger partial charge in [0, 0.05) is 12.7 Å². The molecule has 4 aromatic rings. The lowest BCUT2D eigenvalue weighted by molar-refractivity contribution is -0.137. The van der Waals surface area contributed by atoms with Crippen molar-refractivity contribution in [1.29, 1.82) is 0 Å². The lowest BCUT2D eigenvalue weighted by Gasteiger charge is -2.13. The molecule has 4 rings (SSSR count). The molecule has 0 N–H and O–H groups in total. The number of hydrogen-bond acceptors (Lipinski definition) is 2. The number of nitrogens with zero attached hydrogens (tertiary/aromatic N) is 3. The van der Waals surface area contributed by atoms with Crippen LogP contribution in [0.4, 0.5) is 13.2 Å². The van der Waals surface area contributed by atoms with Crippen molar-refractivity contribution >= 4 is 22.6 Å². The van der Waals surface area contributed by atoms with E-state index in [-0.39, 0.29) is 6.54 Å². The fourth-order valence-corrected chi connectivity index (χ4v) is 3.53. The Kier molecular flexibility index (Phi) is 4.82. The second-order valence-corrected chi connectivity index (χ2v) is 7.34. The van der Waals surface area contributed by atoms with Crippen LogP contribution in [-0.2, 0) is 12.7 Å². The lowest BCUT2D eigenvalue weighted by atomic mass is 10.1. The van der Waals surface area contributed by atoms with Crippen molar-refractivity contribution in [3.63, 3.8) is 0 Å². The largest absolute Gasteiger partial charge is 0.416 e. The van der Waals surface area contributed by atoms with E-state index < -0.39 is 11.7 Å². The molecule has 0 amide bonds. The van der Waals surface area contributed by atoms with Crippen LogP contribution in [0.2, 0.25) is 5.15 Å². The Bertz CT molecular complexity index is 1210. The van der Waals surface area contributed by atoms with Gasteiger partial charge in [-0.25, -0.2) is 9.97 Å². The summed E-state index contributed by atoms with van der Waals surface area (Å²) in [4.78, 5) is 8.85. The van der Waals surface area contributed by atoms with Crippen LogP contribution in [0.25, 0.3) is 22.4 Å². The molecule has 0 aliphatic carbocycles. The minimum Gasteiger partial charge on any atom is -0.319 e. The van der Waals surface area contributed by atoms with E-state index in [0.717, 1.165) is 28.2 Å². The normalized spacial score (nSPS) is 11.9. The highest BCUT2D eigenvalue weighted by Crippen LogP contribution is 2.33. The molecule has 3 nitrogen and oxygen atoms in total. The minimum absolute atomic E-state index is 0.226. The average Bonchev–Trinajstić information content (AvgIpc) is 2.99. The van der Waals surface area contributed by atoms with Crippen molar-refractivity contribution in [3.05, 3.63) is 82.1 Å². The van der Waals surface area contributed by atoms with Gasteiger partial charge >= 0.3 is 6.18 Å². The minimum atomic E-state index is -4.39. The third-order valence-corrected chi connectivity index (χ3v) is 5.26. The van der Waals surface area contributed by atoms with E-state index in [0.29, 0.717) is 22.1 Å². The smallest absolute Gasteiger partial charge is 0.319 e. The van der Waals surface area contributed by atoms with Crippen molar-refractivity contribution in [2.75, 3.05) is 0 Å². The Hall–Kier alpha value is -2.86. The molecule has 2 heterocycles. The SMILES string of the molecule is Cc1cc2nc(-c3cccnc3Cl)n(Cc3cccc(C(F)(F)F)c3)c2cc1C. The first-order valence-electron chi connectivity index (χ1n) is 8.98. The van der Waals surface area contributed by atoms with Crippen molar-refractivity contribution in [2.45, 2.75) is 26.6 Å². The Morgan fingerprint density at radius 1 is 1.00 bits per heavy atom. The fourth-order valence-electron chi connectivity index (χ4n) is 3.33. The summed E-state index contributed by atoms with van der Waals surface area (Å²) in [6, 6.07) is 12.9. The van der Waals surface area contributed by atoms with Crippen LogP contribution in [0.3, 0.4) is 0 Å². The number of aryl methyl sites for hydroxylation is 2. The maximum absolute atomic E-state index is 13.1. The molecule has 2 aromatic carbocycles. The van der Waals surface area contributed by atoms with Crippen molar-refractivity contribution in [2.24, 2.45) is 0 Å². The van der Waals surface area contributed by atoms with Crippen LogP contribution in [0.5, 0.6) is 0 Å². The van der Waals surface area contributed by atoms with Crippen LogP contribution in [0, 0.1) is 13.8 Å². The van der Waals surface area contributed by atoms with E-state index in [1.54, 1.807) is 24.4 Å². The van der Waals surface area contributed by atoms with E-state index in [1.165, 1.54) is 12.1 Å². The van der Waals surface area contributed by atoms with Gasteiger partial charge in [-0.3, -0.25) is 0 Å². The molecular formula is C22H17ClF3N3. The predicted octanol–water partition coefficient (Wildman–Crippen LogP) is 6.44. The summed E-state index contributed by atoms with van der Waals surface area (Å²) in [5.41, 5.74) is 4.24. The zero-order chi connectivity index (χ0) is 20.8. The van der Waals surface area contributed by atoms with Crippen molar-refractivity contribution < 1.29 is 13.2 Å². The molecular weight excluding hydrogens is 399 g/mol. The summed E-state index contributed by atoms with van der Waals surface area (Å²) >= 11 is 6.30. The molecule has 0 aliphatic rings. The molecule has 148 valence electrons. The van der Waals surface area contributed by atoms with E-state index in [1.807, 2.05) is 30.5 Å². The van der Waals surface area contributed by atoms with E-state index in [2.05, 4.69) is 4.98 Å². The molecule has 0 radical (unpaired) electrons. The van der Waals surface area contributed by atoms with Crippen LogP contribution in [-0.4, -0.2) is 14.5 Å². The summed E-state index contributed by atoms with van der Waals surface area (Å²) in [5.74, 6) is 0.570. The van der Waals surface area contributed by atoms with Gasteiger partial charge in [0.25, 0.3) is 0 Å². The number of halogens is 4. The predicted molar refractivity (Wildman–Crippen MR) is 108 cm³/mol. The molecule has 7 heteroatoms. The summed E-state index contributed by atoms with van der Waals surface area (Å²) in [6.07, 6.45) is -2.81. The topological polar surface area (TPSA) is 30.7 Å².